The van der Waals surface area contributed by atoms with Crippen molar-refractivity contribution in [3.8, 4) is 0 Å². The Hall–Kier alpha value is -0.610. The molecule has 112 valence electrons. The Labute approximate surface area is 118 Å². The summed E-state index contributed by atoms with van der Waals surface area (Å²) in [6.45, 7) is 9.03. The molecule has 0 aromatic heterocycles. The van der Waals surface area contributed by atoms with Crippen LogP contribution in [0.3, 0.4) is 0 Å². The summed E-state index contributed by atoms with van der Waals surface area (Å²) in [5, 5.41) is 6.38. The Morgan fingerprint density at radius 2 is 1.79 bits per heavy atom. The van der Waals surface area contributed by atoms with Gasteiger partial charge in [0, 0.05) is 32.7 Å². The topological polar surface area (TPSA) is 44.4 Å². The highest BCUT2D eigenvalue weighted by molar-refractivity contribution is 5.81. The van der Waals surface area contributed by atoms with Gasteiger partial charge in [-0.25, -0.2) is 0 Å². The molecule has 1 fully saturated rings. The fraction of sp³-hybridized carbons (Fsp3) is 0.933. The maximum atomic E-state index is 12.0. The summed E-state index contributed by atoms with van der Waals surface area (Å²) in [6.07, 6.45) is 7.62. The Morgan fingerprint density at radius 1 is 1.16 bits per heavy atom. The molecule has 2 N–H and O–H groups in total. The third-order valence-corrected chi connectivity index (χ3v) is 3.91. The molecule has 1 atom stereocenters. The van der Waals surface area contributed by atoms with Crippen molar-refractivity contribution < 1.29 is 4.79 Å². The van der Waals surface area contributed by atoms with E-state index >= 15 is 0 Å². The molecule has 0 aliphatic carbocycles. The van der Waals surface area contributed by atoms with Gasteiger partial charge in [0.05, 0.1) is 6.04 Å². The van der Waals surface area contributed by atoms with E-state index in [1.54, 1.807) is 0 Å². The van der Waals surface area contributed by atoms with Gasteiger partial charge in [0.25, 0.3) is 0 Å². The molecule has 1 saturated heterocycles. The van der Waals surface area contributed by atoms with Crippen LogP contribution in [0.25, 0.3) is 0 Å². The van der Waals surface area contributed by atoms with Crippen molar-refractivity contribution in [2.75, 3.05) is 32.7 Å². The highest BCUT2D eigenvalue weighted by Gasteiger charge is 2.21. The minimum Gasteiger partial charge on any atom is -0.355 e. The minimum atomic E-state index is 0.0159. The van der Waals surface area contributed by atoms with Crippen LogP contribution in [0.1, 0.15) is 52.4 Å². The summed E-state index contributed by atoms with van der Waals surface area (Å²) in [5.41, 5.74) is 0. The fourth-order valence-electron chi connectivity index (χ4n) is 2.50. The van der Waals surface area contributed by atoms with Crippen LogP contribution in [-0.2, 0) is 4.79 Å². The van der Waals surface area contributed by atoms with Crippen LogP contribution < -0.4 is 10.6 Å². The van der Waals surface area contributed by atoms with E-state index in [2.05, 4.69) is 22.5 Å². The lowest BCUT2D eigenvalue weighted by Crippen LogP contribution is -2.52. The van der Waals surface area contributed by atoms with Gasteiger partial charge in [-0.3, -0.25) is 9.69 Å². The van der Waals surface area contributed by atoms with E-state index in [9.17, 15) is 4.79 Å². The van der Waals surface area contributed by atoms with Gasteiger partial charge in [-0.15, -0.1) is 0 Å². The van der Waals surface area contributed by atoms with E-state index in [-0.39, 0.29) is 11.9 Å². The van der Waals surface area contributed by atoms with Crippen molar-refractivity contribution in [1.29, 1.82) is 0 Å². The minimum absolute atomic E-state index is 0.0159. The van der Waals surface area contributed by atoms with Crippen molar-refractivity contribution >= 4 is 5.91 Å². The van der Waals surface area contributed by atoms with Crippen LogP contribution in [0.4, 0.5) is 0 Å². The second-order valence-corrected chi connectivity index (χ2v) is 5.52. The van der Waals surface area contributed by atoms with Crippen LogP contribution in [0, 0.1) is 0 Å². The van der Waals surface area contributed by atoms with Crippen LogP contribution >= 0.6 is 0 Å². The predicted octanol–water partition coefficient (Wildman–Crippen LogP) is 1.76. The van der Waals surface area contributed by atoms with Crippen LogP contribution in [-0.4, -0.2) is 49.6 Å². The first-order valence-corrected chi connectivity index (χ1v) is 7.98. The number of nitrogens with zero attached hydrogens (tertiary/aromatic N) is 1. The summed E-state index contributed by atoms with van der Waals surface area (Å²) in [6, 6.07) is 0.0159. The maximum Gasteiger partial charge on any atom is 0.237 e. The summed E-state index contributed by atoms with van der Waals surface area (Å²) in [7, 11) is 0. The SMILES string of the molecule is CCCCCCCCNC(=O)C(C)N1CCNCC1. The van der Waals surface area contributed by atoms with Crippen LogP contribution in [0.15, 0.2) is 0 Å². The first-order valence-electron chi connectivity index (χ1n) is 7.98. The molecule has 0 saturated carbocycles. The molecule has 1 amide bonds. The lowest BCUT2D eigenvalue weighted by atomic mass is 10.1. The number of amides is 1. The van der Waals surface area contributed by atoms with Crippen LogP contribution in [0.5, 0.6) is 0 Å². The molecule has 1 heterocycles. The van der Waals surface area contributed by atoms with Crippen molar-refractivity contribution in [1.82, 2.24) is 15.5 Å². The van der Waals surface area contributed by atoms with Gasteiger partial charge < -0.3 is 10.6 Å². The normalized spacial score (nSPS) is 18.2. The van der Waals surface area contributed by atoms with Gasteiger partial charge in [0.15, 0.2) is 0 Å². The number of carbonyl (C=O) groups is 1. The molecule has 0 spiro atoms. The lowest BCUT2D eigenvalue weighted by molar-refractivity contribution is -0.126. The van der Waals surface area contributed by atoms with Crippen molar-refractivity contribution in [3.05, 3.63) is 0 Å². The summed E-state index contributed by atoms with van der Waals surface area (Å²) >= 11 is 0. The van der Waals surface area contributed by atoms with E-state index in [1.165, 1.54) is 32.1 Å². The lowest BCUT2D eigenvalue weighted by Gasteiger charge is -2.31. The monoisotopic (exact) mass is 269 g/mol. The largest absolute Gasteiger partial charge is 0.355 e. The molecule has 1 aliphatic heterocycles. The highest BCUT2D eigenvalue weighted by Crippen LogP contribution is 2.05. The smallest absolute Gasteiger partial charge is 0.237 e. The van der Waals surface area contributed by atoms with Gasteiger partial charge in [-0.2, -0.15) is 0 Å². The van der Waals surface area contributed by atoms with E-state index in [1.807, 2.05) is 6.92 Å². The standard InChI is InChI=1S/C15H31N3O/c1-3-4-5-6-7-8-9-17-15(19)14(2)18-12-10-16-11-13-18/h14,16H,3-13H2,1-2H3,(H,17,19). The van der Waals surface area contributed by atoms with E-state index in [4.69, 9.17) is 0 Å². The van der Waals surface area contributed by atoms with Gasteiger partial charge in [0.1, 0.15) is 0 Å². The van der Waals surface area contributed by atoms with Crippen molar-refractivity contribution in [2.24, 2.45) is 0 Å². The molecule has 1 unspecified atom stereocenters. The zero-order valence-corrected chi connectivity index (χ0v) is 12.7. The van der Waals surface area contributed by atoms with Gasteiger partial charge in [0.2, 0.25) is 5.91 Å². The van der Waals surface area contributed by atoms with E-state index < -0.39 is 0 Å². The molecule has 0 radical (unpaired) electrons. The Balaban J connectivity index is 2.03. The van der Waals surface area contributed by atoms with Gasteiger partial charge in [-0.05, 0) is 13.3 Å². The van der Waals surface area contributed by atoms with Gasteiger partial charge in [-0.1, -0.05) is 39.0 Å². The molecule has 4 heteroatoms. The first-order chi connectivity index (χ1) is 9.25. The summed E-state index contributed by atoms with van der Waals surface area (Å²) < 4.78 is 0. The number of hydrogen-bond acceptors (Lipinski definition) is 3. The summed E-state index contributed by atoms with van der Waals surface area (Å²) in [4.78, 5) is 14.3. The molecule has 4 nitrogen and oxygen atoms in total. The Morgan fingerprint density at radius 3 is 2.47 bits per heavy atom. The second-order valence-electron chi connectivity index (χ2n) is 5.52. The highest BCUT2D eigenvalue weighted by atomic mass is 16.2. The molecule has 1 aliphatic rings. The molecular formula is C15H31N3O. The predicted molar refractivity (Wildman–Crippen MR) is 80.3 cm³/mol. The number of rotatable bonds is 9. The first kappa shape index (κ1) is 16.4. The third kappa shape index (κ3) is 6.92. The fourth-order valence-corrected chi connectivity index (χ4v) is 2.50. The van der Waals surface area contributed by atoms with Crippen LogP contribution in [0.2, 0.25) is 0 Å². The number of carbonyl (C=O) groups excluding carboxylic acids is 1. The average Bonchev–Trinajstić information content (AvgIpc) is 2.46. The van der Waals surface area contributed by atoms with E-state index in [0.717, 1.165) is 39.1 Å². The molecule has 0 aromatic carbocycles. The molecule has 19 heavy (non-hydrogen) atoms. The second kappa shape index (κ2) is 10.2. The number of nitrogens with one attached hydrogen (secondary N) is 2. The van der Waals surface area contributed by atoms with E-state index in [0.29, 0.717) is 0 Å². The third-order valence-electron chi connectivity index (χ3n) is 3.91. The number of hydrogen-bond donors (Lipinski definition) is 2. The Kier molecular flexibility index (Phi) is 8.84. The molecule has 0 aromatic rings. The quantitative estimate of drug-likeness (QED) is 0.627. The van der Waals surface area contributed by atoms with Crippen molar-refractivity contribution in [2.45, 2.75) is 58.4 Å². The Bertz CT molecular complexity index is 240. The maximum absolute atomic E-state index is 12.0. The molecular weight excluding hydrogens is 238 g/mol. The summed E-state index contributed by atoms with van der Waals surface area (Å²) in [5.74, 6) is 0.190. The average molecular weight is 269 g/mol. The van der Waals surface area contributed by atoms with Gasteiger partial charge >= 0.3 is 0 Å². The molecule has 1 rings (SSSR count). The molecule has 0 bridgehead atoms. The number of piperazine rings is 1. The zero-order valence-electron chi connectivity index (χ0n) is 12.7. The van der Waals surface area contributed by atoms with Crippen molar-refractivity contribution in [3.63, 3.8) is 0 Å². The zero-order chi connectivity index (χ0) is 13.9. The number of unbranched alkanes of at least 4 members (excludes halogenated alkanes) is 5.